The van der Waals surface area contributed by atoms with E-state index in [9.17, 15) is 14.0 Å². The number of nitrogens with one attached hydrogen (secondary N) is 1. The number of carbonyl (C=O) groups excluding carboxylic acids is 1. The second kappa shape index (κ2) is 6.68. The van der Waals surface area contributed by atoms with Gasteiger partial charge in [-0.25, -0.2) is 4.39 Å². The van der Waals surface area contributed by atoms with E-state index in [2.05, 4.69) is 10.3 Å². The number of carboxylic acids is 1. The van der Waals surface area contributed by atoms with E-state index in [1.54, 1.807) is 0 Å². The first-order valence-corrected chi connectivity index (χ1v) is 5.66. The average molecular weight is 254 g/mol. The van der Waals surface area contributed by atoms with Crippen LogP contribution in [0.3, 0.4) is 0 Å². The highest BCUT2D eigenvalue weighted by atomic mass is 19.1. The molecule has 0 aliphatic heterocycles. The van der Waals surface area contributed by atoms with E-state index in [-0.39, 0.29) is 12.0 Å². The summed E-state index contributed by atoms with van der Waals surface area (Å²) in [4.78, 5) is 26.0. The summed E-state index contributed by atoms with van der Waals surface area (Å²) in [5.74, 6) is -2.10. The molecule has 18 heavy (non-hydrogen) atoms. The number of aromatic nitrogens is 1. The lowest BCUT2D eigenvalue weighted by atomic mass is 10.1. The zero-order valence-corrected chi connectivity index (χ0v) is 10.0. The topological polar surface area (TPSA) is 79.3 Å². The van der Waals surface area contributed by atoms with Crippen LogP contribution in [0.4, 0.5) is 4.39 Å². The SMILES string of the molecule is CCCC(CC(=O)O)NC(=O)c1cncc(F)c1. The van der Waals surface area contributed by atoms with Crippen LogP contribution in [-0.4, -0.2) is 28.0 Å². The molecular weight excluding hydrogens is 239 g/mol. The molecule has 1 rings (SSSR count). The van der Waals surface area contributed by atoms with Crippen LogP contribution in [0.1, 0.15) is 36.5 Å². The Labute approximate surface area is 104 Å². The van der Waals surface area contributed by atoms with Crippen molar-refractivity contribution in [3.05, 3.63) is 29.8 Å². The molecule has 1 atom stereocenters. The van der Waals surface area contributed by atoms with Crippen molar-refractivity contribution in [2.75, 3.05) is 0 Å². The largest absolute Gasteiger partial charge is 0.481 e. The van der Waals surface area contributed by atoms with Gasteiger partial charge in [-0.3, -0.25) is 14.6 Å². The van der Waals surface area contributed by atoms with Gasteiger partial charge in [0.05, 0.1) is 18.2 Å². The lowest BCUT2D eigenvalue weighted by Gasteiger charge is -2.15. The van der Waals surface area contributed by atoms with Gasteiger partial charge in [-0.15, -0.1) is 0 Å². The average Bonchev–Trinajstić information content (AvgIpc) is 2.28. The molecule has 0 aliphatic rings. The molecular formula is C12H15FN2O3. The minimum absolute atomic E-state index is 0.0847. The molecule has 1 unspecified atom stereocenters. The quantitative estimate of drug-likeness (QED) is 0.808. The van der Waals surface area contributed by atoms with Crippen molar-refractivity contribution in [3.63, 3.8) is 0 Å². The zero-order valence-electron chi connectivity index (χ0n) is 10.0. The van der Waals surface area contributed by atoms with Gasteiger partial charge in [0, 0.05) is 12.2 Å². The summed E-state index contributed by atoms with van der Waals surface area (Å²) < 4.78 is 12.9. The maximum atomic E-state index is 12.9. The Morgan fingerprint density at radius 3 is 2.78 bits per heavy atom. The number of nitrogens with zero attached hydrogens (tertiary/aromatic N) is 1. The molecule has 0 saturated heterocycles. The summed E-state index contributed by atoms with van der Waals surface area (Å²) >= 11 is 0. The van der Waals surface area contributed by atoms with Crippen LogP contribution in [-0.2, 0) is 4.79 Å². The van der Waals surface area contributed by atoms with Gasteiger partial charge in [-0.05, 0) is 12.5 Å². The first-order valence-electron chi connectivity index (χ1n) is 5.66. The molecule has 0 aliphatic carbocycles. The fraction of sp³-hybridized carbons (Fsp3) is 0.417. The van der Waals surface area contributed by atoms with Gasteiger partial charge in [0.2, 0.25) is 0 Å². The number of carboxylic acid groups (broad SMARTS) is 1. The summed E-state index contributed by atoms with van der Waals surface area (Å²) in [7, 11) is 0. The Kier molecular flexibility index (Phi) is 5.23. The third kappa shape index (κ3) is 4.48. The second-order valence-corrected chi connectivity index (χ2v) is 3.95. The van der Waals surface area contributed by atoms with Crippen molar-refractivity contribution in [3.8, 4) is 0 Å². The summed E-state index contributed by atoms with van der Waals surface area (Å²) in [6.45, 7) is 1.89. The van der Waals surface area contributed by atoms with Crippen LogP contribution in [0.25, 0.3) is 0 Å². The molecule has 0 aromatic carbocycles. The summed E-state index contributed by atoms with van der Waals surface area (Å²) in [5, 5.41) is 11.3. The Morgan fingerprint density at radius 2 is 2.22 bits per heavy atom. The third-order valence-electron chi connectivity index (χ3n) is 2.36. The summed E-state index contributed by atoms with van der Waals surface area (Å²) in [6, 6.07) is 0.606. The molecule has 0 saturated carbocycles. The number of hydrogen-bond donors (Lipinski definition) is 2. The molecule has 98 valence electrons. The highest BCUT2D eigenvalue weighted by molar-refractivity contribution is 5.94. The third-order valence-corrected chi connectivity index (χ3v) is 2.36. The Morgan fingerprint density at radius 1 is 1.50 bits per heavy atom. The van der Waals surface area contributed by atoms with E-state index in [1.807, 2.05) is 6.92 Å². The molecule has 1 aromatic rings. The zero-order chi connectivity index (χ0) is 13.5. The van der Waals surface area contributed by atoms with E-state index in [0.29, 0.717) is 6.42 Å². The van der Waals surface area contributed by atoms with E-state index in [0.717, 1.165) is 18.7 Å². The van der Waals surface area contributed by atoms with E-state index in [1.165, 1.54) is 6.20 Å². The first kappa shape index (κ1) is 14.1. The number of carbonyl (C=O) groups is 2. The number of halogens is 1. The number of hydrogen-bond acceptors (Lipinski definition) is 3. The highest BCUT2D eigenvalue weighted by Crippen LogP contribution is 2.05. The number of amides is 1. The van der Waals surface area contributed by atoms with Crippen LogP contribution in [0, 0.1) is 5.82 Å². The lowest BCUT2D eigenvalue weighted by molar-refractivity contribution is -0.137. The van der Waals surface area contributed by atoms with Crippen LogP contribution in [0.15, 0.2) is 18.5 Å². The van der Waals surface area contributed by atoms with Crippen molar-refractivity contribution in [1.82, 2.24) is 10.3 Å². The van der Waals surface area contributed by atoms with Gasteiger partial charge in [0.1, 0.15) is 5.82 Å². The Hall–Kier alpha value is -1.98. The highest BCUT2D eigenvalue weighted by Gasteiger charge is 2.16. The molecule has 0 radical (unpaired) electrons. The maximum absolute atomic E-state index is 12.9. The fourth-order valence-corrected chi connectivity index (χ4v) is 1.59. The van der Waals surface area contributed by atoms with Gasteiger partial charge in [0.25, 0.3) is 5.91 Å². The Bertz CT molecular complexity index is 437. The van der Waals surface area contributed by atoms with Gasteiger partial charge < -0.3 is 10.4 Å². The monoisotopic (exact) mass is 254 g/mol. The molecule has 0 fully saturated rings. The van der Waals surface area contributed by atoms with Crippen LogP contribution >= 0.6 is 0 Å². The Balaban J connectivity index is 2.68. The van der Waals surface area contributed by atoms with E-state index >= 15 is 0 Å². The van der Waals surface area contributed by atoms with Crippen LogP contribution in [0.5, 0.6) is 0 Å². The number of rotatable bonds is 6. The van der Waals surface area contributed by atoms with Crippen molar-refractivity contribution >= 4 is 11.9 Å². The molecule has 0 bridgehead atoms. The fourth-order valence-electron chi connectivity index (χ4n) is 1.59. The van der Waals surface area contributed by atoms with Crippen molar-refractivity contribution in [2.45, 2.75) is 32.2 Å². The standard InChI is InChI=1S/C12H15FN2O3/c1-2-3-10(5-11(16)17)15-12(18)8-4-9(13)7-14-6-8/h4,6-7,10H,2-3,5H2,1H3,(H,15,18)(H,16,17). The molecule has 5 nitrogen and oxygen atoms in total. The predicted molar refractivity (Wildman–Crippen MR) is 62.6 cm³/mol. The normalized spacial score (nSPS) is 11.9. The molecule has 2 N–H and O–H groups in total. The first-order chi connectivity index (χ1) is 8.52. The molecule has 1 aromatic heterocycles. The minimum atomic E-state index is -0.980. The predicted octanol–water partition coefficient (Wildman–Crippen LogP) is 1.59. The van der Waals surface area contributed by atoms with Crippen molar-refractivity contribution in [1.29, 1.82) is 0 Å². The lowest BCUT2D eigenvalue weighted by Crippen LogP contribution is -2.36. The molecule has 1 amide bonds. The smallest absolute Gasteiger partial charge is 0.305 e. The second-order valence-electron chi connectivity index (χ2n) is 3.95. The number of aliphatic carboxylic acids is 1. The van der Waals surface area contributed by atoms with E-state index in [4.69, 9.17) is 5.11 Å². The van der Waals surface area contributed by atoms with Gasteiger partial charge in [-0.2, -0.15) is 0 Å². The molecule has 0 spiro atoms. The van der Waals surface area contributed by atoms with Crippen LogP contribution < -0.4 is 5.32 Å². The van der Waals surface area contributed by atoms with Gasteiger partial charge >= 0.3 is 5.97 Å². The van der Waals surface area contributed by atoms with Crippen LogP contribution in [0.2, 0.25) is 0 Å². The van der Waals surface area contributed by atoms with Gasteiger partial charge in [0.15, 0.2) is 0 Å². The van der Waals surface area contributed by atoms with Crippen molar-refractivity contribution < 1.29 is 19.1 Å². The number of pyridine rings is 1. The van der Waals surface area contributed by atoms with E-state index < -0.39 is 23.7 Å². The molecule has 6 heteroatoms. The summed E-state index contributed by atoms with van der Waals surface area (Å²) in [6.07, 6.45) is 3.39. The summed E-state index contributed by atoms with van der Waals surface area (Å²) in [5.41, 5.74) is 0.0847. The van der Waals surface area contributed by atoms with Gasteiger partial charge in [-0.1, -0.05) is 13.3 Å². The molecule has 1 heterocycles. The minimum Gasteiger partial charge on any atom is -0.481 e. The van der Waals surface area contributed by atoms with Crippen molar-refractivity contribution in [2.24, 2.45) is 0 Å². The maximum Gasteiger partial charge on any atom is 0.305 e.